The fraction of sp³-hybridized carbons (Fsp3) is 0.400. The molecule has 2 atom stereocenters. The van der Waals surface area contributed by atoms with E-state index >= 15 is 4.39 Å². The molecule has 200 valence electrons. The van der Waals surface area contributed by atoms with Crippen LogP contribution >= 0.6 is 0 Å². The number of piperazine rings is 1. The van der Waals surface area contributed by atoms with Crippen molar-refractivity contribution in [3.8, 4) is 0 Å². The number of amidine groups is 1. The Labute approximate surface area is 221 Å². The Balaban J connectivity index is 1.61. The molecule has 0 spiro atoms. The summed E-state index contributed by atoms with van der Waals surface area (Å²) in [6, 6.07) is 5.11. The normalized spacial score (nSPS) is 20.3. The average Bonchev–Trinajstić information content (AvgIpc) is 3.33. The molecular weight excluding hydrogens is 493 g/mol. The minimum absolute atomic E-state index is 0.0561. The number of nitrogens with zero attached hydrogens (tertiary/aromatic N) is 4. The summed E-state index contributed by atoms with van der Waals surface area (Å²) in [5.41, 5.74) is 7.68. The van der Waals surface area contributed by atoms with Crippen LogP contribution in [-0.4, -0.2) is 80.5 Å². The lowest BCUT2D eigenvalue weighted by molar-refractivity contribution is -0.125. The van der Waals surface area contributed by atoms with Crippen LogP contribution in [0.1, 0.15) is 30.0 Å². The van der Waals surface area contributed by atoms with Crippen LogP contribution in [0.15, 0.2) is 46.8 Å². The number of nitrogens with one attached hydrogen (secondary N) is 3. The molecule has 10 nitrogen and oxygen atoms in total. The van der Waals surface area contributed by atoms with Crippen LogP contribution in [0.5, 0.6) is 0 Å². The number of hydrogen-bond donors (Lipinski definition) is 4. The van der Waals surface area contributed by atoms with Gasteiger partial charge in [-0.3, -0.25) is 4.79 Å². The predicted octanol–water partition coefficient (Wildman–Crippen LogP) is 2.09. The minimum Gasteiger partial charge on any atom is -0.467 e. The number of likely N-dealkylation sites (N-methyl/N-ethyl adjacent to an activating group) is 1. The predicted molar refractivity (Wildman–Crippen MR) is 144 cm³/mol. The molecule has 0 saturated carbocycles. The SMILES string of the molecule is [B]N=C(Nc1ccc(N2CCNCC2)cn1)/C(C(=O)N(C)CC)=C(\N)OC1C=C(F)c2[nH]c(C)cc2C1F. The fourth-order valence-corrected chi connectivity index (χ4v) is 4.32. The zero-order chi connectivity index (χ0) is 27.4. The van der Waals surface area contributed by atoms with Crippen molar-refractivity contribution in [3.05, 3.63) is 58.9 Å². The van der Waals surface area contributed by atoms with Gasteiger partial charge in [0.05, 0.1) is 17.6 Å². The van der Waals surface area contributed by atoms with E-state index in [2.05, 4.69) is 30.4 Å². The summed E-state index contributed by atoms with van der Waals surface area (Å²) in [5, 5.41) is 6.20. The first kappa shape index (κ1) is 27.2. The van der Waals surface area contributed by atoms with Crippen molar-refractivity contribution in [3.63, 3.8) is 0 Å². The number of carbonyl (C=O) groups is 1. The van der Waals surface area contributed by atoms with E-state index in [4.69, 9.17) is 18.5 Å². The number of aryl methyl sites for hydroxylation is 1. The van der Waals surface area contributed by atoms with Gasteiger partial charge in [0.15, 0.2) is 12.3 Å². The molecule has 1 saturated heterocycles. The molecular formula is C25H31BF2N8O2. The number of anilines is 2. The van der Waals surface area contributed by atoms with Crippen molar-refractivity contribution >= 4 is 37.1 Å². The number of pyridine rings is 1. The fourth-order valence-electron chi connectivity index (χ4n) is 4.32. The minimum atomic E-state index is -1.72. The van der Waals surface area contributed by atoms with E-state index in [-0.39, 0.29) is 22.7 Å². The van der Waals surface area contributed by atoms with Gasteiger partial charge in [-0.1, -0.05) is 0 Å². The molecule has 1 aliphatic heterocycles. The Hall–Kier alpha value is -3.87. The van der Waals surface area contributed by atoms with Crippen LogP contribution in [0.3, 0.4) is 0 Å². The maximum Gasteiger partial charge on any atom is 0.262 e. The third kappa shape index (κ3) is 5.67. The van der Waals surface area contributed by atoms with Crippen LogP contribution in [0.2, 0.25) is 0 Å². The van der Waals surface area contributed by atoms with Gasteiger partial charge in [-0.05, 0) is 38.1 Å². The quantitative estimate of drug-likeness (QED) is 0.144. The van der Waals surface area contributed by atoms with Crippen molar-refractivity contribution in [2.45, 2.75) is 26.1 Å². The lowest BCUT2D eigenvalue weighted by atomic mass is 9.99. The summed E-state index contributed by atoms with van der Waals surface area (Å²) in [4.78, 5) is 27.7. The molecule has 2 radical (unpaired) electrons. The van der Waals surface area contributed by atoms with Gasteiger partial charge in [0.25, 0.3) is 13.9 Å². The van der Waals surface area contributed by atoms with E-state index in [0.29, 0.717) is 18.1 Å². The molecule has 2 aromatic heterocycles. The summed E-state index contributed by atoms with van der Waals surface area (Å²) in [7, 11) is 7.20. The van der Waals surface area contributed by atoms with Crippen molar-refractivity contribution in [2.75, 3.05) is 50.0 Å². The first-order valence-electron chi connectivity index (χ1n) is 12.3. The van der Waals surface area contributed by atoms with Gasteiger partial charge in [-0.25, -0.2) is 13.8 Å². The molecule has 2 aliphatic rings. The highest BCUT2D eigenvalue weighted by atomic mass is 19.1. The molecule has 4 rings (SSSR count). The molecule has 1 amide bonds. The summed E-state index contributed by atoms with van der Waals surface area (Å²) >= 11 is 0. The Bertz CT molecular complexity index is 1250. The summed E-state index contributed by atoms with van der Waals surface area (Å²) in [5.74, 6) is -1.50. The number of rotatable bonds is 7. The number of aromatic nitrogens is 2. The van der Waals surface area contributed by atoms with Gasteiger partial charge in [0.1, 0.15) is 23.1 Å². The highest BCUT2D eigenvalue weighted by Crippen LogP contribution is 2.38. The maximum absolute atomic E-state index is 15.3. The first-order chi connectivity index (χ1) is 18.2. The lowest BCUT2D eigenvalue weighted by Crippen LogP contribution is -2.43. The highest BCUT2D eigenvalue weighted by Gasteiger charge is 2.35. The summed E-state index contributed by atoms with van der Waals surface area (Å²) in [6.45, 7) is 7.28. The van der Waals surface area contributed by atoms with E-state index in [0.717, 1.165) is 37.9 Å². The van der Waals surface area contributed by atoms with E-state index in [1.54, 1.807) is 33.2 Å². The number of halogens is 2. The lowest BCUT2D eigenvalue weighted by Gasteiger charge is -2.29. The Morgan fingerprint density at radius 2 is 2.13 bits per heavy atom. The Morgan fingerprint density at radius 3 is 2.76 bits per heavy atom. The molecule has 3 heterocycles. The van der Waals surface area contributed by atoms with Crippen molar-refractivity contribution < 1.29 is 18.3 Å². The van der Waals surface area contributed by atoms with Gasteiger partial charge in [-0.15, -0.1) is 0 Å². The highest BCUT2D eigenvalue weighted by molar-refractivity contribution is 6.30. The number of fused-ring (bicyclic) bond motifs is 1. The monoisotopic (exact) mass is 524 g/mol. The number of aromatic amines is 1. The molecule has 38 heavy (non-hydrogen) atoms. The number of ether oxygens (including phenoxy) is 1. The second-order valence-corrected chi connectivity index (χ2v) is 9.08. The van der Waals surface area contributed by atoms with Crippen LogP contribution in [0.4, 0.5) is 20.3 Å². The second kappa shape index (κ2) is 11.7. The molecule has 1 fully saturated rings. The van der Waals surface area contributed by atoms with E-state index in [1.165, 1.54) is 11.0 Å². The van der Waals surface area contributed by atoms with Crippen molar-refractivity contribution in [1.82, 2.24) is 20.2 Å². The number of amides is 1. The van der Waals surface area contributed by atoms with Crippen LogP contribution in [-0.2, 0) is 9.53 Å². The first-order valence-corrected chi connectivity index (χ1v) is 12.3. The van der Waals surface area contributed by atoms with Gasteiger partial charge >= 0.3 is 0 Å². The Morgan fingerprint density at radius 1 is 1.39 bits per heavy atom. The third-order valence-corrected chi connectivity index (χ3v) is 6.50. The summed E-state index contributed by atoms with van der Waals surface area (Å²) < 4.78 is 35.6. The zero-order valence-electron chi connectivity index (χ0n) is 21.6. The van der Waals surface area contributed by atoms with Crippen LogP contribution < -0.4 is 21.3 Å². The van der Waals surface area contributed by atoms with E-state index < -0.39 is 29.9 Å². The van der Waals surface area contributed by atoms with Crippen molar-refractivity contribution in [1.29, 1.82) is 0 Å². The third-order valence-electron chi connectivity index (χ3n) is 6.50. The van der Waals surface area contributed by atoms with Crippen molar-refractivity contribution in [2.24, 2.45) is 10.6 Å². The molecule has 2 unspecified atom stereocenters. The smallest absolute Gasteiger partial charge is 0.262 e. The number of H-pyrrole nitrogens is 1. The zero-order valence-corrected chi connectivity index (χ0v) is 21.6. The number of hydrogen-bond acceptors (Lipinski definition) is 7. The van der Waals surface area contributed by atoms with Gasteiger partial charge in [0.2, 0.25) is 5.88 Å². The number of alkyl halides is 1. The van der Waals surface area contributed by atoms with Crippen LogP contribution in [0, 0.1) is 6.92 Å². The summed E-state index contributed by atoms with van der Waals surface area (Å²) in [6.07, 6.45) is -0.462. The molecule has 1 aliphatic carbocycles. The molecule has 0 aromatic carbocycles. The molecule has 5 N–H and O–H groups in total. The average molecular weight is 524 g/mol. The number of carbonyl (C=O) groups excluding carboxylic acids is 1. The maximum atomic E-state index is 15.3. The molecule has 13 heteroatoms. The van der Waals surface area contributed by atoms with E-state index in [9.17, 15) is 9.18 Å². The molecule has 2 aromatic rings. The number of nitrogens with two attached hydrogens (primary N) is 1. The van der Waals surface area contributed by atoms with Gasteiger partial charge < -0.3 is 40.8 Å². The van der Waals surface area contributed by atoms with E-state index in [1.807, 2.05) is 6.07 Å². The van der Waals surface area contributed by atoms with Gasteiger partial charge in [0, 0.05) is 51.0 Å². The molecule has 0 bridgehead atoms. The second-order valence-electron chi connectivity index (χ2n) is 9.08. The topological polar surface area (TPSA) is 124 Å². The largest absolute Gasteiger partial charge is 0.467 e. The van der Waals surface area contributed by atoms with Crippen LogP contribution in [0.25, 0.3) is 5.83 Å². The van der Waals surface area contributed by atoms with Gasteiger partial charge in [-0.2, -0.15) is 0 Å². The Kier molecular flexibility index (Phi) is 8.35. The standard InChI is InChI=1S/C25H31BF2N8O2/c1-4-35(3)25(37)20(23(29)38-18-12-17(27)22-16(21(18)28)11-14(2)32-22)24(34-26)33-19-6-5-15(13-31-19)36-9-7-30-8-10-36/h5-6,11-13,18,21,30,32H,4,7-10,29H2,1-3H3,(H,31,33,34)/b23-20-.